The molecule has 0 aliphatic heterocycles. The number of rotatable bonds is 10. The van der Waals surface area contributed by atoms with Crippen LogP contribution in [-0.4, -0.2) is 65.0 Å². The van der Waals surface area contributed by atoms with Crippen molar-refractivity contribution in [2.75, 3.05) is 13.0 Å². The van der Waals surface area contributed by atoms with Crippen molar-refractivity contribution in [2.24, 2.45) is 5.73 Å². The maximum atomic E-state index is 13.1. The van der Waals surface area contributed by atoms with E-state index >= 15 is 0 Å². The number of hydrogen-bond acceptors (Lipinski definition) is 4. The Bertz CT molecular complexity index is 724. The van der Waals surface area contributed by atoms with Gasteiger partial charge in [-0.15, -0.1) is 0 Å². The minimum absolute atomic E-state index is 0. The lowest BCUT2D eigenvalue weighted by molar-refractivity contribution is -0.471. The molecule has 0 saturated carbocycles. The zero-order valence-corrected chi connectivity index (χ0v) is 16.4. The summed E-state index contributed by atoms with van der Waals surface area (Å²) in [6.45, 7) is 3.47. The highest BCUT2D eigenvalue weighted by Gasteiger charge is 2.95. The van der Waals surface area contributed by atoms with Crippen LogP contribution >= 0.6 is 0 Å². The lowest BCUT2D eigenvalue weighted by Crippen LogP contribution is -2.74. The molecule has 0 saturated heterocycles. The van der Waals surface area contributed by atoms with E-state index in [-0.39, 0.29) is 27.8 Å². The molecule has 0 amide bonds. The molecule has 0 fully saturated rings. The molecule has 0 aliphatic carbocycles. The van der Waals surface area contributed by atoms with Crippen molar-refractivity contribution in [3.63, 3.8) is 0 Å². The molecule has 0 aromatic carbocycles. The lowest BCUT2D eigenvalue weighted by Gasteiger charge is -2.42. The average Bonchev–Trinajstić information content (AvgIpc) is 2.59. The Balaban J connectivity index is -0.000000661. The molecule has 1 atom stereocenters. The van der Waals surface area contributed by atoms with E-state index in [2.05, 4.69) is 15.5 Å². The molecule has 0 aromatic heterocycles. The third-order valence-electron chi connectivity index (χ3n) is 3.13. The Morgan fingerprint density at radius 1 is 0.667 bits per heavy atom. The lowest BCUT2D eigenvalue weighted by atomic mass is 9.91. The van der Waals surface area contributed by atoms with E-state index in [0.717, 1.165) is 0 Å². The minimum Gasteiger partial charge on any atom is -0.487 e. The number of halogens is 17. The molecular weight excluding hydrogens is 585 g/mol. The minimum atomic E-state index is -8.70. The van der Waals surface area contributed by atoms with E-state index in [0.29, 0.717) is 0 Å². The van der Waals surface area contributed by atoms with Gasteiger partial charge in [0.15, 0.2) is 11.1 Å². The Kier molecular flexibility index (Phi) is 14.2. The summed E-state index contributed by atoms with van der Waals surface area (Å²) in [5.41, 5.74) is 4.85. The molecule has 36 heavy (non-hydrogen) atoms. The Morgan fingerprint density at radius 3 is 1.14 bits per heavy atom. The summed E-state index contributed by atoms with van der Waals surface area (Å²) in [4.78, 5) is 0. The predicted molar refractivity (Wildman–Crippen MR) is 89.6 cm³/mol. The van der Waals surface area contributed by atoms with E-state index in [1.54, 1.807) is 0 Å². The fourth-order valence-corrected chi connectivity index (χ4v) is 1.82. The van der Waals surface area contributed by atoms with Crippen LogP contribution in [0.4, 0.5) is 74.6 Å². The van der Waals surface area contributed by atoms with Crippen LogP contribution in [0.3, 0.4) is 0 Å². The monoisotopic (exact) mass is 603 g/mol. The molecule has 0 spiro atoms. The standard InChI is InChI=1S/C9H3F17O2S.C3H7NO.2CH4/c1-29(27)28-9(25,26)7(20,21)5(16,17)3(12,13)2(10,11)4(14,15)6(18,19)8(22,23)24;1-2-5-3-4;;/h1H3;2H,1,3-4H2;2*1H4. The zero-order chi connectivity index (χ0) is 28.4. The molecule has 1 unspecified atom stereocenters. The largest absolute Gasteiger partial charge is 0.487 e. The molecule has 0 heterocycles. The highest BCUT2D eigenvalue weighted by molar-refractivity contribution is 7.79. The molecule has 0 bridgehead atoms. The van der Waals surface area contributed by atoms with Crippen molar-refractivity contribution in [2.45, 2.75) is 62.7 Å². The first kappa shape index (κ1) is 41.5. The summed E-state index contributed by atoms with van der Waals surface area (Å²) in [7, 11) is 0. The predicted octanol–water partition coefficient (Wildman–Crippen LogP) is 6.60. The topological polar surface area (TPSA) is 61.5 Å². The summed E-state index contributed by atoms with van der Waals surface area (Å²) in [5.74, 6) is -50.6. The maximum Gasteiger partial charge on any atom is 0.460 e. The molecule has 0 aliphatic rings. The first-order chi connectivity index (χ1) is 14.6. The highest BCUT2D eigenvalue weighted by Crippen LogP contribution is 2.64. The van der Waals surface area contributed by atoms with E-state index < -0.39 is 58.9 Å². The van der Waals surface area contributed by atoms with Gasteiger partial charge >= 0.3 is 47.8 Å². The first-order valence-electron chi connectivity index (χ1n) is 7.25. The smallest absolute Gasteiger partial charge is 0.460 e. The van der Waals surface area contributed by atoms with Gasteiger partial charge in [0.2, 0.25) is 0 Å². The van der Waals surface area contributed by atoms with Gasteiger partial charge in [-0.2, -0.15) is 74.6 Å². The second-order valence-corrected chi connectivity index (χ2v) is 6.42. The molecular formula is C14H18F17NO3S. The van der Waals surface area contributed by atoms with Crippen LogP contribution in [0, 0.1) is 0 Å². The summed E-state index contributed by atoms with van der Waals surface area (Å²) in [6, 6.07) is 0. The third kappa shape index (κ3) is 6.84. The van der Waals surface area contributed by atoms with Gasteiger partial charge in [-0.25, -0.2) is 8.39 Å². The molecule has 0 radical (unpaired) electrons. The summed E-state index contributed by atoms with van der Waals surface area (Å²) < 4.78 is 233. The Hall–Kier alpha value is -1.58. The van der Waals surface area contributed by atoms with Gasteiger partial charge in [0.05, 0.1) is 6.26 Å². The SMILES string of the molecule is C.C.C=COCN.CS(=O)OC(F)(F)C(F)(F)C(F)(F)C(F)(F)C(F)(F)C(F)(F)C(F)(F)C(F)(F)F. The molecule has 222 valence electrons. The summed E-state index contributed by atoms with van der Waals surface area (Å²) in [5, 5.41) is 0. The van der Waals surface area contributed by atoms with Crippen molar-refractivity contribution in [3.8, 4) is 0 Å². The van der Waals surface area contributed by atoms with E-state index in [9.17, 15) is 78.8 Å². The molecule has 4 nitrogen and oxygen atoms in total. The van der Waals surface area contributed by atoms with Crippen LogP contribution in [0.5, 0.6) is 0 Å². The van der Waals surface area contributed by atoms with Crippen molar-refractivity contribution in [1.82, 2.24) is 0 Å². The van der Waals surface area contributed by atoms with Crippen LogP contribution in [0.25, 0.3) is 0 Å². The van der Waals surface area contributed by atoms with Gasteiger partial charge in [0.1, 0.15) is 6.73 Å². The van der Waals surface area contributed by atoms with E-state index in [4.69, 9.17) is 5.73 Å². The van der Waals surface area contributed by atoms with Gasteiger partial charge in [-0.1, -0.05) is 21.4 Å². The molecule has 22 heteroatoms. The summed E-state index contributed by atoms with van der Waals surface area (Å²) in [6.07, 6.45) is -13.7. The van der Waals surface area contributed by atoms with Gasteiger partial charge in [-0.05, 0) is 0 Å². The maximum absolute atomic E-state index is 13.1. The second-order valence-electron chi connectivity index (χ2n) is 5.45. The number of hydrogen-bond donors (Lipinski definition) is 1. The highest BCUT2D eigenvalue weighted by atomic mass is 32.2. The van der Waals surface area contributed by atoms with E-state index in [1.165, 1.54) is 6.26 Å². The van der Waals surface area contributed by atoms with Crippen molar-refractivity contribution < 1.29 is 87.8 Å². The molecule has 0 aromatic rings. The Labute approximate surface area is 194 Å². The van der Waals surface area contributed by atoms with Crippen LogP contribution in [0.15, 0.2) is 12.8 Å². The van der Waals surface area contributed by atoms with Crippen LogP contribution in [-0.2, 0) is 20.0 Å². The van der Waals surface area contributed by atoms with Crippen molar-refractivity contribution in [3.05, 3.63) is 12.8 Å². The van der Waals surface area contributed by atoms with Gasteiger partial charge < -0.3 is 4.74 Å². The quantitative estimate of drug-likeness (QED) is 0.174. The van der Waals surface area contributed by atoms with Crippen LogP contribution < -0.4 is 5.73 Å². The Morgan fingerprint density at radius 2 is 0.944 bits per heavy atom. The van der Waals surface area contributed by atoms with Crippen LogP contribution in [0.2, 0.25) is 0 Å². The van der Waals surface area contributed by atoms with Gasteiger partial charge in [0, 0.05) is 6.26 Å². The summed E-state index contributed by atoms with van der Waals surface area (Å²) >= 11 is -3.72. The van der Waals surface area contributed by atoms with Crippen LogP contribution in [0.1, 0.15) is 14.9 Å². The first-order valence-corrected chi connectivity index (χ1v) is 8.73. The normalized spacial score (nSPS) is 15.0. The van der Waals surface area contributed by atoms with E-state index in [1.807, 2.05) is 0 Å². The van der Waals surface area contributed by atoms with Gasteiger partial charge in [-0.3, -0.25) is 5.73 Å². The fourth-order valence-electron chi connectivity index (χ4n) is 1.42. The number of nitrogens with two attached hydrogens (primary N) is 1. The fraction of sp³-hybridized carbons (Fsp3) is 0.857. The second kappa shape index (κ2) is 12.3. The average molecular weight is 603 g/mol. The number of ether oxygens (including phenoxy) is 1. The van der Waals surface area contributed by atoms with Crippen molar-refractivity contribution in [1.29, 1.82) is 0 Å². The van der Waals surface area contributed by atoms with Crippen molar-refractivity contribution >= 4 is 11.1 Å². The number of alkyl halides is 17. The molecule has 0 rings (SSSR count). The third-order valence-corrected chi connectivity index (χ3v) is 3.57. The molecule has 2 N–H and O–H groups in total. The zero-order valence-electron chi connectivity index (χ0n) is 15.6. The van der Waals surface area contributed by atoms with Gasteiger partial charge in [0.25, 0.3) is 0 Å².